The van der Waals surface area contributed by atoms with E-state index in [4.69, 9.17) is 0 Å². The van der Waals surface area contributed by atoms with E-state index in [0.717, 1.165) is 30.8 Å². The Balaban J connectivity index is 1.74. The molecule has 4 nitrogen and oxygen atoms in total. The van der Waals surface area contributed by atoms with E-state index < -0.39 is 15.7 Å². The van der Waals surface area contributed by atoms with Crippen LogP contribution in [0.5, 0.6) is 0 Å². The molecule has 1 unspecified atom stereocenters. The zero-order chi connectivity index (χ0) is 17.6. The maximum absolute atomic E-state index is 13.1. The Morgan fingerprint density at radius 2 is 1.80 bits per heavy atom. The molecule has 2 aromatic carbocycles. The minimum atomic E-state index is -3.65. The molecule has 2 N–H and O–H groups in total. The monoisotopic (exact) mass is 360 g/mol. The minimum absolute atomic E-state index is 0.118. The third-order valence-corrected chi connectivity index (χ3v) is 7.09. The van der Waals surface area contributed by atoms with Gasteiger partial charge in [-0.1, -0.05) is 6.92 Å². The van der Waals surface area contributed by atoms with E-state index in [1.54, 1.807) is 12.1 Å². The number of sulfone groups is 1. The van der Waals surface area contributed by atoms with Gasteiger partial charge in [-0.2, -0.15) is 0 Å². The highest BCUT2D eigenvalue weighted by Crippen LogP contribution is 2.43. The summed E-state index contributed by atoms with van der Waals surface area (Å²) in [5.41, 5.74) is 2.10. The average molecular weight is 360 g/mol. The highest BCUT2D eigenvalue weighted by molar-refractivity contribution is 7.91. The fourth-order valence-electron chi connectivity index (χ4n) is 3.96. The summed E-state index contributed by atoms with van der Waals surface area (Å²) >= 11 is 0. The third-order valence-electron chi connectivity index (χ3n) is 5.32. The molecule has 1 saturated heterocycles. The van der Waals surface area contributed by atoms with E-state index in [2.05, 4.69) is 17.6 Å². The zero-order valence-electron chi connectivity index (χ0n) is 14.0. The van der Waals surface area contributed by atoms with Crippen molar-refractivity contribution in [2.24, 2.45) is 5.92 Å². The van der Waals surface area contributed by atoms with E-state index >= 15 is 0 Å². The van der Waals surface area contributed by atoms with Crippen LogP contribution in [0.3, 0.4) is 0 Å². The molecule has 0 aliphatic carbocycles. The molecule has 2 aliphatic heterocycles. The van der Waals surface area contributed by atoms with Crippen molar-refractivity contribution < 1.29 is 12.8 Å². The molecule has 4 rings (SSSR count). The number of nitrogens with one attached hydrogen (secondary N) is 2. The second-order valence-electron chi connectivity index (χ2n) is 6.95. The van der Waals surface area contributed by atoms with Crippen LogP contribution < -0.4 is 10.6 Å². The molecule has 2 aliphatic rings. The maximum Gasteiger partial charge on any atom is 0.206 e. The fourth-order valence-corrected chi connectivity index (χ4v) is 5.25. The number of anilines is 1. The van der Waals surface area contributed by atoms with Crippen molar-refractivity contribution in [2.45, 2.75) is 35.1 Å². The summed E-state index contributed by atoms with van der Waals surface area (Å²) in [5.74, 6) is 0.334. The second-order valence-corrected chi connectivity index (χ2v) is 8.90. The van der Waals surface area contributed by atoms with Crippen LogP contribution in [0.4, 0.5) is 10.1 Å². The van der Waals surface area contributed by atoms with Gasteiger partial charge in [-0.3, -0.25) is 0 Å². The summed E-state index contributed by atoms with van der Waals surface area (Å²) in [5, 5.41) is 7.01. The van der Waals surface area contributed by atoms with Crippen molar-refractivity contribution in [2.75, 3.05) is 18.4 Å². The summed E-state index contributed by atoms with van der Waals surface area (Å²) in [6, 6.07) is 10.6. The maximum atomic E-state index is 13.1. The Bertz CT molecular complexity index is 896. The minimum Gasteiger partial charge on any atom is -0.381 e. The highest BCUT2D eigenvalue weighted by atomic mass is 32.2. The molecule has 25 heavy (non-hydrogen) atoms. The fraction of sp³-hybridized carbons (Fsp3) is 0.368. The predicted molar refractivity (Wildman–Crippen MR) is 95.1 cm³/mol. The van der Waals surface area contributed by atoms with Gasteiger partial charge in [0.1, 0.15) is 5.82 Å². The summed E-state index contributed by atoms with van der Waals surface area (Å²) in [7, 11) is -3.65. The normalized spacial score (nSPS) is 25.6. The summed E-state index contributed by atoms with van der Waals surface area (Å²) < 4.78 is 38.9. The van der Waals surface area contributed by atoms with Crippen molar-refractivity contribution >= 4 is 15.5 Å². The van der Waals surface area contributed by atoms with Crippen LogP contribution in [0, 0.1) is 11.7 Å². The summed E-state index contributed by atoms with van der Waals surface area (Å²) in [4.78, 5) is 0.387. The Kier molecular flexibility index (Phi) is 4.04. The number of hydrogen-bond acceptors (Lipinski definition) is 4. The van der Waals surface area contributed by atoms with Crippen molar-refractivity contribution in [3.63, 3.8) is 0 Å². The van der Waals surface area contributed by atoms with Gasteiger partial charge in [0.15, 0.2) is 0 Å². The summed E-state index contributed by atoms with van der Waals surface area (Å²) in [6.45, 7) is 4.11. The zero-order valence-corrected chi connectivity index (χ0v) is 14.8. The highest BCUT2D eigenvalue weighted by Gasteiger charge is 2.37. The Morgan fingerprint density at radius 3 is 2.56 bits per heavy atom. The SMILES string of the molecule is CC1CNCC[C@@H]2c3cc(S(=O)(=O)c4ccc(F)cc4)ccc3N[C@H]12. The van der Waals surface area contributed by atoms with E-state index in [9.17, 15) is 12.8 Å². The van der Waals surface area contributed by atoms with Gasteiger partial charge in [0.25, 0.3) is 0 Å². The van der Waals surface area contributed by atoms with Crippen LogP contribution in [0.15, 0.2) is 52.3 Å². The molecule has 3 atom stereocenters. The van der Waals surface area contributed by atoms with Gasteiger partial charge in [-0.05, 0) is 73.5 Å². The van der Waals surface area contributed by atoms with Crippen LogP contribution in [-0.2, 0) is 9.84 Å². The third kappa shape index (κ3) is 2.83. The van der Waals surface area contributed by atoms with Gasteiger partial charge >= 0.3 is 0 Å². The molecule has 0 bridgehead atoms. The van der Waals surface area contributed by atoms with E-state index in [1.165, 1.54) is 24.3 Å². The van der Waals surface area contributed by atoms with E-state index in [0.29, 0.717) is 17.9 Å². The largest absolute Gasteiger partial charge is 0.381 e. The lowest BCUT2D eigenvalue weighted by Crippen LogP contribution is -2.31. The quantitative estimate of drug-likeness (QED) is 0.808. The number of fused-ring (bicyclic) bond motifs is 3. The van der Waals surface area contributed by atoms with Crippen LogP contribution in [-0.4, -0.2) is 27.5 Å². The average Bonchev–Trinajstić information content (AvgIpc) is 2.87. The van der Waals surface area contributed by atoms with Crippen LogP contribution in [0.2, 0.25) is 0 Å². The first kappa shape index (κ1) is 16.5. The first-order chi connectivity index (χ1) is 12.0. The van der Waals surface area contributed by atoms with Gasteiger partial charge in [0.2, 0.25) is 9.84 Å². The van der Waals surface area contributed by atoms with E-state index in [1.807, 2.05) is 6.07 Å². The van der Waals surface area contributed by atoms with E-state index in [-0.39, 0.29) is 9.79 Å². The van der Waals surface area contributed by atoms with Gasteiger partial charge < -0.3 is 10.6 Å². The Hall–Kier alpha value is -1.92. The molecular weight excluding hydrogens is 339 g/mol. The Morgan fingerprint density at radius 1 is 1.08 bits per heavy atom. The number of benzene rings is 2. The molecule has 0 saturated carbocycles. The Labute approximate surface area is 147 Å². The standard InChI is InChI=1S/C19H21FN2O2S/c1-12-11-21-9-8-16-17-10-15(6-7-18(17)22-19(12)16)25(23,24)14-4-2-13(20)3-5-14/h2-7,10,12,16,19,21-22H,8-9,11H2,1H3/t12?,16-,19-/m1/s1. The van der Waals surface area contributed by atoms with Gasteiger partial charge in [0.05, 0.1) is 9.79 Å². The van der Waals surface area contributed by atoms with Crippen LogP contribution in [0.1, 0.15) is 24.8 Å². The lowest BCUT2D eigenvalue weighted by Gasteiger charge is -2.22. The van der Waals surface area contributed by atoms with Crippen molar-refractivity contribution in [1.29, 1.82) is 0 Å². The van der Waals surface area contributed by atoms with Crippen LogP contribution >= 0.6 is 0 Å². The number of halogens is 1. The number of rotatable bonds is 2. The molecule has 0 aromatic heterocycles. The van der Waals surface area contributed by atoms with Gasteiger partial charge in [-0.15, -0.1) is 0 Å². The summed E-state index contributed by atoms with van der Waals surface area (Å²) in [6.07, 6.45) is 0.981. The van der Waals surface area contributed by atoms with Gasteiger partial charge in [0, 0.05) is 17.6 Å². The molecule has 2 heterocycles. The topological polar surface area (TPSA) is 58.2 Å². The van der Waals surface area contributed by atoms with Gasteiger partial charge in [-0.25, -0.2) is 12.8 Å². The van der Waals surface area contributed by atoms with Crippen LogP contribution in [0.25, 0.3) is 0 Å². The molecule has 0 spiro atoms. The lowest BCUT2D eigenvalue weighted by atomic mass is 9.87. The molecule has 0 radical (unpaired) electrons. The second kappa shape index (κ2) is 6.11. The first-order valence-corrected chi connectivity index (χ1v) is 10.1. The molecule has 1 fully saturated rings. The van der Waals surface area contributed by atoms with Crippen molar-refractivity contribution in [3.8, 4) is 0 Å². The molecule has 0 amide bonds. The molecule has 2 aromatic rings. The molecular formula is C19H21FN2O2S. The smallest absolute Gasteiger partial charge is 0.206 e. The van der Waals surface area contributed by atoms with Crippen molar-refractivity contribution in [3.05, 3.63) is 53.8 Å². The lowest BCUT2D eigenvalue weighted by molar-refractivity contribution is 0.454. The first-order valence-electron chi connectivity index (χ1n) is 8.58. The predicted octanol–water partition coefficient (Wildman–Crippen LogP) is 3.17. The number of hydrogen-bond donors (Lipinski definition) is 2. The molecule has 132 valence electrons. The molecule has 6 heteroatoms. The van der Waals surface area contributed by atoms with Crippen molar-refractivity contribution in [1.82, 2.24) is 5.32 Å².